The topological polar surface area (TPSA) is 52.0 Å². The highest BCUT2D eigenvalue weighted by molar-refractivity contribution is 5.62. The third-order valence-electron chi connectivity index (χ3n) is 2.38. The molecule has 0 spiro atoms. The van der Waals surface area contributed by atoms with E-state index in [-0.39, 0.29) is 0 Å². The third kappa shape index (κ3) is 2.07. The summed E-state index contributed by atoms with van der Waals surface area (Å²) in [5.41, 5.74) is 9.82. The summed E-state index contributed by atoms with van der Waals surface area (Å²) in [5.74, 6) is 0. The maximum atomic E-state index is 5.52. The van der Waals surface area contributed by atoms with Gasteiger partial charge in [0.05, 0.1) is 0 Å². The summed E-state index contributed by atoms with van der Waals surface area (Å²) < 4.78 is 4.98. The van der Waals surface area contributed by atoms with Crippen molar-refractivity contribution < 1.29 is 4.52 Å². The van der Waals surface area contributed by atoms with Crippen LogP contribution in [0.3, 0.4) is 0 Å². The number of hydrogen-bond donors (Lipinski definition) is 1. The van der Waals surface area contributed by atoms with Crippen molar-refractivity contribution >= 4 is 0 Å². The Morgan fingerprint density at radius 3 is 2.67 bits per heavy atom. The van der Waals surface area contributed by atoms with E-state index in [9.17, 15) is 0 Å². The molecule has 0 aliphatic rings. The minimum atomic E-state index is 0.611. The molecule has 0 atom stereocenters. The van der Waals surface area contributed by atoms with Crippen LogP contribution in [-0.2, 0) is 6.42 Å². The van der Waals surface area contributed by atoms with Gasteiger partial charge in [-0.2, -0.15) is 0 Å². The van der Waals surface area contributed by atoms with Crippen LogP contribution < -0.4 is 5.73 Å². The molecule has 0 aliphatic carbocycles. The molecule has 0 saturated carbocycles. The van der Waals surface area contributed by atoms with Gasteiger partial charge in [0.15, 0.2) is 0 Å². The van der Waals surface area contributed by atoms with Crippen molar-refractivity contribution in [3.63, 3.8) is 0 Å². The quantitative estimate of drug-likeness (QED) is 0.829. The molecule has 0 saturated heterocycles. The Kier molecular flexibility index (Phi) is 2.83. The molecule has 1 aromatic carbocycles. The van der Waals surface area contributed by atoms with Crippen LogP contribution in [0.1, 0.15) is 11.1 Å². The fourth-order valence-electron chi connectivity index (χ4n) is 1.54. The summed E-state index contributed by atoms with van der Waals surface area (Å²) >= 11 is 0. The Labute approximate surface area is 88.9 Å². The minimum absolute atomic E-state index is 0.611. The predicted molar refractivity (Wildman–Crippen MR) is 59.4 cm³/mol. The first-order chi connectivity index (χ1) is 7.31. The van der Waals surface area contributed by atoms with Crippen molar-refractivity contribution in [3.8, 4) is 11.3 Å². The molecule has 0 fully saturated rings. The van der Waals surface area contributed by atoms with Crippen molar-refractivity contribution in [2.24, 2.45) is 5.73 Å². The Bertz CT molecular complexity index is 431. The minimum Gasteiger partial charge on any atom is -0.364 e. The Morgan fingerprint density at radius 2 is 2.00 bits per heavy atom. The average Bonchev–Trinajstić information content (AvgIpc) is 2.68. The van der Waals surface area contributed by atoms with Crippen molar-refractivity contribution in [1.29, 1.82) is 0 Å². The lowest BCUT2D eigenvalue weighted by Crippen LogP contribution is -2.02. The Balaban J connectivity index is 2.36. The molecule has 0 aliphatic heterocycles. The summed E-state index contributed by atoms with van der Waals surface area (Å²) in [6.07, 6.45) is 2.47. The second-order valence-corrected chi connectivity index (χ2v) is 3.59. The monoisotopic (exact) mass is 202 g/mol. The molecule has 0 unspecified atom stereocenters. The van der Waals surface area contributed by atoms with Crippen LogP contribution in [-0.4, -0.2) is 11.7 Å². The molecule has 0 amide bonds. The molecule has 0 bridgehead atoms. The molecular formula is C12H14N2O. The summed E-state index contributed by atoms with van der Waals surface area (Å²) in [6, 6.07) is 8.23. The van der Waals surface area contributed by atoms with Gasteiger partial charge < -0.3 is 10.3 Å². The van der Waals surface area contributed by atoms with Crippen molar-refractivity contribution in [3.05, 3.63) is 41.7 Å². The zero-order chi connectivity index (χ0) is 10.7. The highest BCUT2D eigenvalue weighted by Gasteiger charge is 2.08. The van der Waals surface area contributed by atoms with Crippen LogP contribution in [0, 0.1) is 6.92 Å². The van der Waals surface area contributed by atoms with Gasteiger partial charge in [-0.1, -0.05) is 35.0 Å². The van der Waals surface area contributed by atoms with Crippen LogP contribution in [0.25, 0.3) is 11.3 Å². The molecule has 3 nitrogen and oxygen atoms in total. The third-order valence-corrected chi connectivity index (χ3v) is 2.38. The van der Waals surface area contributed by atoms with Gasteiger partial charge in [-0.25, -0.2) is 0 Å². The maximum absolute atomic E-state index is 5.52. The number of nitrogens with two attached hydrogens (primary N) is 1. The van der Waals surface area contributed by atoms with Crippen molar-refractivity contribution in [2.75, 3.05) is 6.54 Å². The summed E-state index contributed by atoms with van der Waals surface area (Å²) in [5, 5.41) is 4.00. The number of hydrogen-bond acceptors (Lipinski definition) is 3. The lowest BCUT2D eigenvalue weighted by molar-refractivity contribution is 0.421. The van der Waals surface area contributed by atoms with E-state index in [0.29, 0.717) is 6.54 Å². The van der Waals surface area contributed by atoms with Crippen molar-refractivity contribution in [2.45, 2.75) is 13.3 Å². The zero-order valence-electron chi connectivity index (χ0n) is 8.73. The van der Waals surface area contributed by atoms with Gasteiger partial charge in [-0.05, 0) is 19.9 Å². The van der Waals surface area contributed by atoms with Gasteiger partial charge >= 0.3 is 0 Å². The fraction of sp³-hybridized carbons (Fsp3) is 0.250. The van der Waals surface area contributed by atoms with E-state index < -0.39 is 0 Å². The van der Waals surface area contributed by atoms with Crippen LogP contribution >= 0.6 is 0 Å². The van der Waals surface area contributed by atoms with Crippen LogP contribution in [0.4, 0.5) is 0 Å². The lowest BCUT2D eigenvalue weighted by atomic mass is 10.0. The highest BCUT2D eigenvalue weighted by atomic mass is 16.5. The van der Waals surface area contributed by atoms with E-state index in [1.807, 2.05) is 12.1 Å². The Hall–Kier alpha value is -1.61. The van der Waals surface area contributed by atoms with Crippen LogP contribution in [0.5, 0.6) is 0 Å². The maximum Gasteiger partial charge on any atom is 0.127 e. The smallest absolute Gasteiger partial charge is 0.127 e. The molecule has 1 heterocycles. The van der Waals surface area contributed by atoms with Crippen LogP contribution in [0.15, 0.2) is 35.1 Å². The first-order valence-corrected chi connectivity index (χ1v) is 5.01. The number of rotatable bonds is 3. The second-order valence-electron chi connectivity index (χ2n) is 3.59. The van der Waals surface area contributed by atoms with E-state index in [2.05, 4.69) is 24.2 Å². The zero-order valence-corrected chi connectivity index (χ0v) is 8.73. The summed E-state index contributed by atoms with van der Waals surface area (Å²) in [4.78, 5) is 0. The van der Waals surface area contributed by atoms with E-state index in [4.69, 9.17) is 10.3 Å². The molecule has 0 radical (unpaired) electrons. The Morgan fingerprint density at radius 1 is 1.27 bits per heavy atom. The van der Waals surface area contributed by atoms with Crippen LogP contribution in [0.2, 0.25) is 0 Å². The fourth-order valence-corrected chi connectivity index (χ4v) is 1.54. The van der Waals surface area contributed by atoms with Gasteiger partial charge in [0, 0.05) is 11.1 Å². The molecule has 2 rings (SSSR count). The predicted octanol–water partition coefficient (Wildman–Crippen LogP) is 2.15. The molecule has 2 aromatic rings. The molecule has 2 N–H and O–H groups in total. The summed E-state index contributed by atoms with van der Waals surface area (Å²) in [7, 11) is 0. The lowest BCUT2D eigenvalue weighted by Gasteiger charge is -2.00. The highest BCUT2D eigenvalue weighted by Crippen LogP contribution is 2.22. The molecule has 1 aromatic heterocycles. The SMILES string of the molecule is Cc1ccc(-c2nocc2CCN)cc1. The number of nitrogens with zero attached hydrogens (tertiary/aromatic N) is 1. The molecule has 15 heavy (non-hydrogen) atoms. The van der Waals surface area contributed by atoms with E-state index in [1.54, 1.807) is 6.26 Å². The number of benzene rings is 1. The van der Waals surface area contributed by atoms with Gasteiger partial charge in [0.25, 0.3) is 0 Å². The summed E-state index contributed by atoms with van der Waals surface area (Å²) in [6.45, 7) is 2.67. The molecule has 78 valence electrons. The van der Waals surface area contributed by atoms with E-state index >= 15 is 0 Å². The molecular weight excluding hydrogens is 188 g/mol. The normalized spacial score (nSPS) is 10.5. The van der Waals surface area contributed by atoms with Gasteiger partial charge in [-0.3, -0.25) is 0 Å². The second kappa shape index (κ2) is 4.28. The first-order valence-electron chi connectivity index (χ1n) is 5.01. The number of aromatic nitrogens is 1. The standard InChI is InChI=1S/C12H14N2O/c1-9-2-4-10(5-3-9)12-11(6-7-13)8-15-14-12/h2-5,8H,6-7,13H2,1H3. The van der Waals surface area contributed by atoms with E-state index in [1.165, 1.54) is 5.56 Å². The largest absolute Gasteiger partial charge is 0.364 e. The number of aryl methyl sites for hydroxylation is 1. The van der Waals surface area contributed by atoms with E-state index in [0.717, 1.165) is 23.2 Å². The first kappa shape index (κ1) is 9.93. The van der Waals surface area contributed by atoms with Crippen molar-refractivity contribution in [1.82, 2.24) is 5.16 Å². The van der Waals surface area contributed by atoms with Gasteiger partial charge in [-0.15, -0.1) is 0 Å². The average molecular weight is 202 g/mol. The molecule has 3 heteroatoms. The van der Waals surface area contributed by atoms with Gasteiger partial charge in [0.1, 0.15) is 12.0 Å². The van der Waals surface area contributed by atoms with Gasteiger partial charge in [0.2, 0.25) is 0 Å².